The minimum Gasteiger partial charge on any atom is -0.481 e. The summed E-state index contributed by atoms with van der Waals surface area (Å²) in [5, 5.41) is 14.7. The average molecular weight is 325 g/mol. The van der Waals surface area contributed by atoms with E-state index in [1.54, 1.807) is 0 Å². The number of benzene rings is 1. The summed E-state index contributed by atoms with van der Waals surface area (Å²) >= 11 is 5.95. The van der Waals surface area contributed by atoms with Gasteiger partial charge in [0.2, 0.25) is 0 Å². The number of halogens is 1. The first-order chi connectivity index (χ1) is 10.5. The Hall–Kier alpha value is -1.75. The Morgan fingerprint density at radius 2 is 1.77 bits per heavy atom. The highest BCUT2D eigenvalue weighted by molar-refractivity contribution is 6.30. The van der Waals surface area contributed by atoms with Crippen LogP contribution in [0.2, 0.25) is 5.02 Å². The van der Waals surface area contributed by atoms with Gasteiger partial charge in [-0.15, -0.1) is 0 Å². The second-order valence-corrected chi connectivity index (χ2v) is 6.18. The number of carboxylic acid groups (broad SMARTS) is 1. The third-order valence-corrected chi connectivity index (χ3v) is 4.48. The first kappa shape index (κ1) is 16.6. The number of amides is 2. The molecule has 2 amide bonds. The van der Waals surface area contributed by atoms with Gasteiger partial charge in [-0.05, 0) is 30.5 Å². The summed E-state index contributed by atoms with van der Waals surface area (Å²) in [6, 6.07) is 7.49. The van der Waals surface area contributed by atoms with E-state index in [1.807, 2.05) is 24.3 Å². The van der Waals surface area contributed by atoms with Crippen LogP contribution < -0.4 is 10.6 Å². The number of aliphatic carboxylic acids is 1. The second-order valence-electron chi connectivity index (χ2n) is 5.75. The van der Waals surface area contributed by atoms with E-state index in [4.69, 9.17) is 16.7 Å². The SMILES string of the molecule is O=C(O)CCNC(=O)NCC1(c2ccc(Cl)cc2)CCCC1. The molecule has 0 saturated heterocycles. The van der Waals surface area contributed by atoms with Crippen molar-refractivity contribution in [2.45, 2.75) is 37.5 Å². The number of carbonyl (C=O) groups is 2. The molecule has 0 bridgehead atoms. The van der Waals surface area contributed by atoms with E-state index in [9.17, 15) is 9.59 Å². The lowest BCUT2D eigenvalue weighted by Gasteiger charge is -2.30. The number of carbonyl (C=O) groups excluding carboxylic acids is 1. The molecule has 0 spiro atoms. The van der Waals surface area contributed by atoms with Crippen LogP contribution in [-0.2, 0) is 10.2 Å². The highest BCUT2D eigenvalue weighted by Gasteiger charge is 2.35. The van der Waals surface area contributed by atoms with Crippen molar-refractivity contribution in [2.75, 3.05) is 13.1 Å². The van der Waals surface area contributed by atoms with Crippen LogP contribution in [0.4, 0.5) is 4.79 Å². The molecule has 1 aromatic carbocycles. The molecule has 6 heteroatoms. The molecule has 0 radical (unpaired) electrons. The molecule has 0 aliphatic heterocycles. The fourth-order valence-corrected chi connectivity index (χ4v) is 3.14. The Balaban J connectivity index is 1.93. The van der Waals surface area contributed by atoms with Crippen molar-refractivity contribution >= 4 is 23.6 Å². The number of urea groups is 1. The van der Waals surface area contributed by atoms with Crippen molar-refractivity contribution in [3.63, 3.8) is 0 Å². The molecule has 0 unspecified atom stereocenters. The van der Waals surface area contributed by atoms with Crippen LogP contribution in [0.1, 0.15) is 37.7 Å². The van der Waals surface area contributed by atoms with Crippen LogP contribution in [0, 0.1) is 0 Å². The molecule has 120 valence electrons. The topological polar surface area (TPSA) is 78.4 Å². The van der Waals surface area contributed by atoms with E-state index < -0.39 is 5.97 Å². The number of carboxylic acids is 1. The number of hydrogen-bond donors (Lipinski definition) is 3. The predicted molar refractivity (Wildman–Crippen MR) is 85.3 cm³/mol. The fraction of sp³-hybridized carbons (Fsp3) is 0.500. The van der Waals surface area contributed by atoms with Crippen LogP contribution >= 0.6 is 11.6 Å². The second kappa shape index (κ2) is 7.49. The summed E-state index contributed by atoms with van der Waals surface area (Å²) < 4.78 is 0. The Morgan fingerprint density at radius 3 is 2.36 bits per heavy atom. The smallest absolute Gasteiger partial charge is 0.314 e. The highest BCUT2D eigenvalue weighted by atomic mass is 35.5. The predicted octanol–water partition coefficient (Wildman–Crippen LogP) is 2.93. The first-order valence-electron chi connectivity index (χ1n) is 7.51. The van der Waals surface area contributed by atoms with Crippen LogP contribution in [0.25, 0.3) is 0 Å². The Kier molecular flexibility index (Phi) is 5.66. The van der Waals surface area contributed by atoms with Gasteiger partial charge in [0.25, 0.3) is 0 Å². The summed E-state index contributed by atoms with van der Waals surface area (Å²) in [6.07, 6.45) is 4.28. The van der Waals surface area contributed by atoms with Crippen molar-refractivity contribution in [3.05, 3.63) is 34.9 Å². The maximum Gasteiger partial charge on any atom is 0.314 e. The first-order valence-corrected chi connectivity index (χ1v) is 7.89. The van der Waals surface area contributed by atoms with Crippen molar-refractivity contribution in [1.29, 1.82) is 0 Å². The minimum absolute atomic E-state index is 0.0469. The van der Waals surface area contributed by atoms with Crippen molar-refractivity contribution in [2.24, 2.45) is 0 Å². The van der Waals surface area contributed by atoms with Crippen LogP contribution in [0.5, 0.6) is 0 Å². The summed E-state index contributed by atoms with van der Waals surface area (Å²) in [4.78, 5) is 22.2. The third-order valence-electron chi connectivity index (χ3n) is 4.23. The van der Waals surface area contributed by atoms with Crippen molar-refractivity contribution < 1.29 is 14.7 Å². The fourth-order valence-electron chi connectivity index (χ4n) is 3.02. The van der Waals surface area contributed by atoms with Gasteiger partial charge < -0.3 is 15.7 Å². The molecule has 0 heterocycles. The summed E-state index contributed by atoms with van der Waals surface area (Å²) in [5.41, 5.74) is 1.15. The Labute approximate surface area is 135 Å². The zero-order valence-electron chi connectivity index (χ0n) is 12.4. The van der Waals surface area contributed by atoms with Crippen LogP contribution in [-0.4, -0.2) is 30.2 Å². The molecular weight excluding hydrogens is 304 g/mol. The molecule has 1 saturated carbocycles. The van der Waals surface area contributed by atoms with Crippen molar-refractivity contribution in [3.8, 4) is 0 Å². The largest absolute Gasteiger partial charge is 0.481 e. The Bertz CT molecular complexity index is 525. The van der Waals surface area contributed by atoms with Gasteiger partial charge in [-0.25, -0.2) is 4.79 Å². The number of rotatable bonds is 6. The van der Waals surface area contributed by atoms with E-state index in [1.165, 1.54) is 5.56 Å². The van der Waals surface area contributed by atoms with E-state index in [-0.39, 0.29) is 24.4 Å². The number of hydrogen-bond acceptors (Lipinski definition) is 2. The maximum atomic E-state index is 11.8. The zero-order chi connectivity index (χ0) is 16.0. The standard InChI is InChI=1S/C16H21ClN2O3/c17-13-5-3-12(4-6-13)16(8-1-2-9-16)11-19-15(22)18-10-7-14(20)21/h3-6H,1-2,7-11H2,(H,20,21)(H2,18,19,22). The lowest BCUT2D eigenvalue weighted by molar-refractivity contribution is -0.136. The van der Waals surface area contributed by atoms with E-state index in [2.05, 4.69) is 10.6 Å². The summed E-state index contributed by atoms with van der Waals surface area (Å²) in [5.74, 6) is -0.922. The minimum atomic E-state index is -0.922. The molecule has 5 nitrogen and oxygen atoms in total. The van der Waals surface area contributed by atoms with Gasteiger partial charge >= 0.3 is 12.0 Å². The summed E-state index contributed by atoms with van der Waals surface area (Å²) in [7, 11) is 0. The normalized spacial score (nSPS) is 16.2. The number of nitrogens with one attached hydrogen (secondary N) is 2. The van der Waals surface area contributed by atoms with Gasteiger partial charge in [0, 0.05) is 23.5 Å². The summed E-state index contributed by atoms with van der Waals surface area (Å²) in [6.45, 7) is 0.683. The van der Waals surface area contributed by atoms with Crippen molar-refractivity contribution in [1.82, 2.24) is 10.6 Å². The molecule has 0 aromatic heterocycles. The Morgan fingerprint density at radius 1 is 1.14 bits per heavy atom. The highest BCUT2D eigenvalue weighted by Crippen LogP contribution is 2.40. The molecule has 1 aliphatic carbocycles. The molecule has 2 rings (SSSR count). The lowest BCUT2D eigenvalue weighted by atomic mass is 9.79. The molecule has 3 N–H and O–H groups in total. The zero-order valence-corrected chi connectivity index (χ0v) is 13.2. The van der Waals surface area contributed by atoms with Gasteiger partial charge in [0.05, 0.1) is 6.42 Å². The van der Waals surface area contributed by atoms with E-state index in [0.29, 0.717) is 11.6 Å². The maximum absolute atomic E-state index is 11.8. The molecule has 1 aliphatic rings. The molecular formula is C16H21ClN2O3. The monoisotopic (exact) mass is 324 g/mol. The molecule has 0 atom stereocenters. The van der Waals surface area contributed by atoms with Crippen LogP contribution in [0.15, 0.2) is 24.3 Å². The van der Waals surface area contributed by atoms with Gasteiger partial charge in [-0.3, -0.25) is 4.79 Å². The average Bonchev–Trinajstić information content (AvgIpc) is 2.95. The van der Waals surface area contributed by atoms with E-state index >= 15 is 0 Å². The molecule has 1 fully saturated rings. The van der Waals surface area contributed by atoms with Gasteiger partial charge in [0.15, 0.2) is 0 Å². The quantitative estimate of drug-likeness (QED) is 0.752. The molecule has 1 aromatic rings. The van der Waals surface area contributed by atoms with Crippen LogP contribution in [0.3, 0.4) is 0 Å². The lowest BCUT2D eigenvalue weighted by Crippen LogP contribution is -2.44. The van der Waals surface area contributed by atoms with Gasteiger partial charge in [0.1, 0.15) is 0 Å². The van der Waals surface area contributed by atoms with Gasteiger partial charge in [-0.1, -0.05) is 36.6 Å². The van der Waals surface area contributed by atoms with E-state index in [0.717, 1.165) is 25.7 Å². The molecule has 22 heavy (non-hydrogen) atoms. The third kappa shape index (κ3) is 4.37. The van der Waals surface area contributed by atoms with Gasteiger partial charge in [-0.2, -0.15) is 0 Å².